The molecule has 30 heavy (non-hydrogen) atoms. The molecule has 0 unspecified atom stereocenters. The molecule has 1 N–H and O–H groups in total. The van der Waals surface area contributed by atoms with E-state index in [4.69, 9.17) is 0 Å². The summed E-state index contributed by atoms with van der Waals surface area (Å²) in [5.74, 6) is -0.886. The standard InChI is InChI=1S/C21H25N5O4/c1-4-26-18(28)15-8-6-5-7-14(15)16(23-26)13(2)17(27)25-11-9-21(10-12-25)19(29)24(3)20(30)22-21/h5-8,13H,4,9-12H2,1-3H3,(H,22,30)/t13-/m0/s1. The van der Waals surface area contributed by atoms with E-state index in [-0.39, 0.29) is 17.4 Å². The lowest BCUT2D eigenvalue weighted by molar-refractivity contribution is -0.138. The highest BCUT2D eigenvalue weighted by Crippen LogP contribution is 2.31. The molecule has 9 nitrogen and oxygen atoms in total. The molecular formula is C21H25N5O4. The fourth-order valence-corrected chi connectivity index (χ4v) is 4.39. The fraction of sp³-hybridized carbons (Fsp3) is 0.476. The number of piperidine rings is 1. The Morgan fingerprint density at radius 3 is 2.37 bits per heavy atom. The molecule has 3 heterocycles. The second-order valence-electron chi connectivity index (χ2n) is 7.98. The highest BCUT2D eigenvalue weighted by Gasteiger charge is 2.51. The van der Waals surface area contributed by atoms with Gasteiger partial charge in [0.25, 0.3) is 11.5 Å². The zero-order valence-corrected chi connectivity index (χ0v) is 17.3. The number of carbonyl (C=O) groups is 3. The molecule has 0 bridgehead atoms. The van der Waals surface area contributed by atoms with E-state index >= 15 is 0 Å². The first kappa shape index (κ1) is 20.1. The molecule has 0 radical (unpaired) electrons. The number of likely N-dealkylation sites (tertiary alicyclic amines) is 1. The molecule has 4 amide bonds. The van der Waals surface area contributed by atoms with Crippen molar-refractivity contribution >= 4 is 28.6 Å². The summed E-state index contributed by atoms with van der Waals surface area (Å²) in [6.07, 6.45) is 0.756. The van der Waals surface area contributed by atoms with Crippen LogP contribution in [0.4, 0.5) is 4.79 Å². The SMILES string of the molecule is CCn1nc([C@H](C)C(=O)N2CCC3(CC2)NC(=O)N(C)C3=O)c2ccccc2c1=O. The van der Waals surface area contributed by atoms with Gasteiger partial charge in [0.2, 0.25) is 5.91 Å². The van der Waals surface area contributed by atoms with Crippen molar-refractivity contribution in [2.75, 3.05) is 20.1 Å². The third-order valence-electron chi connectivity index (χ3n) is 6.27. The summed E-state index contributed by atoms with van der Waals surface area (Å²) < 4.78 is 1.38. The normalized spacial score (nSPS) is 19.4. The lowest BCUT2D eigenvalue weighted by Crippen LogP contribution is -2.56. The number of fused-ring (bicyclic) bond motifs is 1. The maximum absolute atomic E-state index is 13.3. The molecule has 2 aliphatic heterocycles. The largest absolute Gasteiger partial charge is 0.342 e. The molecule has 1 atom stereocenters. The van der Waals surface area contributed by atoms with E-state index in [1.807, 2.05) is 19.1 Å². The van der Waals surface area contributed by atoms with Crippen molar-refractivity contribution in [3.05, 3.63) is 40.3 Å². The van der Waals surface area contributed by atoms with Crippen molar-refractivity contribution < 1.29 is 14.4 Å². The topological polar surface area (TPSA) is 105 Å². The van der Waals surface area contributed by atoms with Crippen LogP contribution in [-0.4, -0.2) is 63.1 Å². The van der Waals surface area contributed by atoms with Gasteiger partial charge < -0.3 is 10.2 Å². The minimum absolute atomic E-state index is 0.103. The summed E-state index contributed by atoms with van der Waals surface area (Å²) in [6, 6.07) is 6.80. The fourth-order valence-electron chi connectivity index (χ4n) is 4.39. The first-order valence-electron chi connectivity index (χ1n) is 10.2. The van der Waals surface area contributed by atoms with Gasteiger partial charge >= 0.3 is 6.03 Å². The maximum atomic E-state index is 13.3. The molecule has 4 rings (SSSR count). The first-order valence-corrected chi connectivity index (χ1v) is 10.2. The zero-order valence-electron chi connectivity index (χ0n) is 17.3. The smallest absolute Gasteiger partial charge is 0.324 e. The van der Waals surface area contributed by atoms with Crippen LogP contribution in [0.15, 0.2) is 29.1 Å². The Balaban J connectivity index is 1.59. The van der Waals surface area contributed by atoms with Crippen LogP contribution in [0, 0.1) is 0 Å². The average molecular weight is 411 g/mol. The third-order valence-corrected chi connectivity index (χ3v) is 6.27. The summed E-state index contributed by atoms with van der Waals surface area (Å²) in [5.41, 5.74) is -0.509. The molecule has 2 fully saturated rings. The molecule has 1 aromatic heterocycles. The van der Waals surface area contributed by atoms with Gasteiger partial charge in [0, 0.05) is 32.1 Å². The van der Waals surface area contributed by atoms with Crippen LogP contribution in [0.2, 0.25) is 0 Å². The van der Waals surface area contributed by atoms with Gasteiger partial charge in [-0.15, -0.1) is 0 Å². The number of nitrogens with one attached hydrogen (secondary N) is 1. The Bertz CT molecular complexity index is 1100. The molecule has 9 heteroatoms. The van der Waals surface area contributed by atoms with Crippen molar-refractivity contribution in [3.63, 3.8) is 0 Å². The van der Waals surface area contributed by atoms with Crippen molar-refractivity contribution in [3.8, 4) is 0 Å². The number of hydrogen-bond acceptors (Lipinski definition) is 5. The highest BCUT2D eigenvalue weighted by atomic mass is 16.2. The number of imide groups is 1. The molecule has 158 valence electrons. The van der Waals surface area contributed by atoms with E-state index in [0.717, 1.165) is 4.90 Å². The van der Waals surface area contributed by atoms with Crippen LogP contribution >= 0.6 is 0 Å². The molecule has 1 spiro atoms. The van der Waals surface area contributed by atoms with E-state index < -0.39 is 17.5 Å². The van der Waals surface area contributed by atoms with E-state index in [2.05, 4.69) is 10.4 Å². The van der Waals surface area contributed by atoms with Crippen molar-refractivity contribution in [2.45, 2.75) is 44.7 Å². The summed E-state index contributed by atoms with van der Waals surface area (Å²) in [4.78, 5) is 53.0. The monoisotopic (exact) mass is 411 g/mol. The predicted molar refractivity (Wildman–Crippen MR) is 110 cm³/mol. The number of benzene rings is 1. The number of nitrogens with zero attached hydrogens (tertiary/aromatic N) is 4. The van der Waals surface area contributed by atoms with Gasteiger partial charge in [-0.2, -0.15) is 5.10 Å². The minimum Gasteiger partial charge on any atom is -0.342 e. The Labute approximate surface area is 173 Å². The molecule has 1 aromatic carbocycles. The van der Waals surface area contributed by atoms with Crippen LogP contribution in [-0.2, 0) is 16.1 Å². The molecule has 2 aromatic rings. The Morgan fingerprint density at radius 2 is 1.80 bits per heavy atom. The highest BCUT2D eigenvalue weighted by molar-refractivity contribution is 6.07. The zero-order chi connectivity index (χ0) is 21.6. The van der Waals surface area contributed by atoms with Crippen molar-refractivity contribution in [1.82, 2.24) is 24.9 Å². The summed E-state index contributed by atoms with van der Waals surface area (Å²) in [5, 5.41) is 8.49. The quantitative estimate of drug-likeness (QED) is 0.761. The van der Waals surface area contributed by atoms with Crippen LogP contribution in [0.3, 0.4) is 0 Å². The van der Waals surface area contributed by atoms with Crippen molar-refractivity contribution in [1.29, 1.82) is 0 Å². The van der Waals surface area contributed by atoms with Gasteiger partial charge in [0.05, 0.1) is 17.0 Å². The molecular weight excluding hydrogens is 386 g/mol. The molecule has 0 aliphatic carbocycles. The van der Waals surface area contributed by atoms with Crippen molar-refractivity contribution in [2.24, 2.45) is 0 Å². The number of amides is 4. The lowest BCUT2D eigenvalue weighted by Gasteiger charge is -2.38. The molecule has 2 saturated heterocycles. The van der Waals surface area contributed by atoms with Crippen LogP contribution < -0.4 is 10.9 Å². The van der Waals surface area contributed by atoms with Gasteiger partial charge in [-0.05, 0) is 32.8 Å². The summed E-state index contributed by atoms with van der Waals surface area (Å²) in [6.45, 7) is 4.79. The Morgan fingerprint density at radius 1 is 1.17 bits per heavy atom. The minimum atomic E-state index is -0.910. The summed E-state index contributed by atoms with van der Waals surface area (Å²) >= 11 is 0. The van der Waals surface area contributed by atoms with Crippen LogP contribution in [0.1, 0.15) is 38.3 Å². The van der Waals surface area contributed by atoms with Gasteiger partial charge in [-0.1, -0.05) is 18.2 Å². The number of urea groups is 1. The van der Waals surface area contributed by atoms with E-state index in [1.54, 1.807) is 24.0 Å². The van der Waals surface area contributed by atoms with E-state index in [1.165, 1.54) is 11.7 Å². The number of likely N-dealkylation sites (N-methyl/N-ethyl adjacent to an activating group) is 1. The van der Waals surface area contributed by atoms with Gasteiger partial charge in [-0.25, -0.2) is 9.48 Å². The Hall–Kier alpha value is -3.23. The third kappa shape index (κ3) is 2.96. The molecule has 2 aliphatic rings. The first-order chi connectivity index (χ1) is 14.3. The van der Waals surface area contributed by atoms with E-state index in [9.17, 15) is 19.2 Å². The van der Waals surface area contributed by atoms with Gasteiger partial charge in [0.1, 0.15) is 5.54 Å². The Kier molecular flexibility index (Phi) is 4.83. The lowest BCUT2D eigenvalue weighted by atomic mass is 9.87. The number of hydrogen-bond donors (Lipinski definition) is 1. The molecule has 0 saturated carbocycles. The second-order valence-corrected chi connectivity index (χ2v) is 7.98. The van der Waals surface area contributed by atoms with Crippen LogP contribution in [0.25, 0.3) is 10.8 Å². The second kappa shape index (κ2) is 7.23. The number of aromatic nitrogens is 2. The van der Waals surface area contributed by atoms with Gasteiger partial charge in [-0.3, -0.25) is 19.3 Å². The average Bonchev–Trinajstić information content (AvgIpc) is 2.97. The maximum Gasteiger partial charge on any atom is 0.324 e. The number of aryl methyl sites for hydroxylation is 1. The van der Waals surface area contributed by atoms with Gasteiger partial charge in [0.15, 0.2) is 0 Å². The van der Waals surface area contributed by atoms with E-state index in [0.29, 0.717) is 48.9 Å². The predicted octanol–water partition coefficient (Wildman–Crippen LogP) is 1.06. The van der Waals surface area contributed by atoms with Crippen LogP contribution in [0.5, 0.6) is 0 Å². The number of carbonyl (C=O) groups excluding carboxylic acids is 3. The summed E-state index contributed by atoms with van der Waals surface area (Å²) in [7, 11) is 1.46. The number of rotatable bonds is 3.